The van der Waals surface area contributed by atoms with Crippen LogP contribution in [0, 0.1) is 0 Å². The normalized spacial score (nSPS) is 11.1. The molecule has 0 aliphatic rings. The Morgan fingerprint density at radius 1 is 1.19 bits per heavy atom. The summed E-state index contributed by atoms with van der Waals surface area (Å²) in [5, 5.41) is 4.55. The van der Waals surface area contributed by atoms with Gasteiger partial charge in [0.2, 0.25) is 0 Å². The van der Waals surface area contributed by atoms with Crippen molar-refractivity contribution in [3.63, 3.8) is 0 Å². The van der Waals surface area contributed by atoms with Gasteiger partial charge in [0.05, 0.1) is 13.7 Å². The highest BCUT2D eigenvalue weighted by Crippen LogP contribution is 2.28. The van der Waals surface area contributed by atoms with Crippen LogP contribution < -0.4 is 10.1 Å². The molecule has 0 amide bonds. The molecule has 1 heterocycles. The first kappa shape index (κ1) is 16.2. The van der Waals surface area contributed by atoms with Gasteiger partial charge in [-0.1, -0.05) is 25.0 Å². The monoisotopic (exact) mass is 307 g/mol. The third-order valence-corrected chi connectivity index (χ3v) is 4.23. The van der Waals surface area contributed by atoms with Crippen LogP contribution in [0.1, 0.15) is 31.4 Å². The summed E-state index contributed by atoms with van der Waals surface area (Å²) < 4.78 is 11.2. The quantitative estimate of drug-likeness (QED) is 0.657. The van der Waals surface area contributed by atoms with Gasteiger partial charge in [-0.2, -0.15) is 11.8 Å². The molecule has 21 heavy (non-hydrogen) atoms. The third-order valence-electron chi connectivity index (χ3n) is 3.53. The van der Waals surface area contributed by atoms with Gasteiger partial charge in [0.1, 0.15) is 5.76 Å². The minimum absolute atomic E-state index is 0.780. The van der Waals surface area contributed by atoms with E-state index in [1.165, 1.54) is 31.4 Å². The lowest BCUT2D eigenvalue weighted by Crippen LogP contribution is -2.14. The third kappa shape index (κ3) is 4.97. The number of hydrogen-bond donors (Lipinski definition) is 1. The lowest BCUT2D eigenvalue weighted by molar-refractivity contribution is 0.406. The molecule has 1 aromatic heterocycles. The van der Waals surface area contributed by atoms with Crippen molar-refractivity contribution in [3.8, 4) is 5.75 Å². The average molecular weight is 307 g/mol. The Kier molecular flexibility index (Phi) is 6.96. The Bertz CT molecular complexity index is 539. The molecular formula is C17H25NO2S. The summed E-state index contributed by atoms with van der Waals surface area (Å²) in [4.78, 5) is 0. The molecule has 2 rings (SSSR count). The predicted molar refractivity (Wildman–Crippen MR) is 91.3 cm³/mol. The van der Waals surface area contributed by atoms with Gasteiger partial charge in [-0.05, 0) is 43.5 Å². The van der Waals surface area contributed by atoms with Gasteiger partial charge in [-0.15, -0.1) is 0 Å². The average Bonchev–Trinajstić information content (AvgIpc) is 2.92. The number of methoxy groups -OCH3 is 1. The van der Waals surface area contributed by atoms with Crippen LogP contribution in [-0.4, -0.2) is 25.7 Å². The molecule has 0 bridgehead atoms. The van der Waals surface area contributed by atoms with Gasteiger partial charge in [-0.3, -0.25) is 0 Å². The van der Waals surface area contributed by atoms with Gasteiger partial charge in [0, 0.05) is 5.39 Å². The Morgan fingerprint density at radius 2 is 2.05 bits per heavy atom. The second kappa shape index (κ2) is 9.00. The fourth-order valence-corrected chi connectivity index (χ4v) is 2.89. The molecule has 0 atom stereocenters. The van der Waals surface area contributed by atoms with Crippen molar-refractivity contribution in [3.05, 3.63) is 30.0 Å². The molecule has 1 aromatic carbocycles. The Labute approximate surface area is 131 Å². The van der Waals surface area contributed by atoms with Crippen LogP contribution in [-0.2, 0) is 6.54 Å². The maximum atomic E-state index is 5.86. The number of fused-ring (bicyclic) bond motifs is 1. The molecular weight excluding hydrogens is 282 g/mol. The van der Waals surface area contributed by atoms with Gasteiger partial charge < -0.3 is 14.5 Å². The van der Waals surface area contributed by atoms with Crippen molar-refractivity contribution >= 4 is 22.7 Å². The summed E-state index contributed by atoms with van der Waals surface area (Å²) in [6.45, 7) is 1.83. The molecule has 0 spiro atoms. The highest BCUT2D eigenvalue weighted by atomic mass is 32.2. The van der Waals surface area contributed by atoms with Crippen LogP contribution in [0.2, 0.25) is 0 Å². The van der Waals surface area contributed by atoms with Crippen LogP contribution in [0.4, 0.5) is 0 Å². The number of ether oxygens (including phenoxy) is 1. The van der Waals surface area contributed by atoms with Crippen LogP contribution in [0.3, 0.4) is 0 Å². The highest BCUT2D eigenvalue weighted by molar-refractivity contribution is 7.98. The van der Waals surface area contributed by atoms with Crippen LogP contribution in [0.5, 0.6) is 5.75 Å². The smallest absolute Gasteiger partial charge is 0.176 e. The van der Waals surface area contributed by atoms with E-state index in [4.69, 9.17) is 9.15 Å². The van der Waals surface area contributed by atoms with Gasteiger partial charge in [0.15, 0.2) is 11.3 Å². The lowest BCUT2D eigenvalue weighted by Gasteiger charge is -2.03. The first-order valence-electron chi connectivity index (χ1n) is 7.60. The molecule has 4 heteroatoms. The van der Waals surface area contributed by atoms with E-state index < -0.39 is 0 Å². The number of nitrogens with one attached hydrogen (secondary N) is 1. The van der Waals surface area contributed by atoms with Crippen molar-refractivity contribution < 1.29 is 9.15 Å². The molecule has 1 N–H and O–H groups in total. The molecule has 2 aromatic rings. The number of para-hydroxylation sites is 1. The minimum atomic E-state index is 0.780. The van der Waals surface area contributed by atoms with E-state index >= 15 is 0 Å². The number of benzene rings is 1. The van der Waals surface area contributed by atoms with E-state index in [0.29, 0.717) is 0 Å². The summed E-state index contributed by atoms with van der Waals surface area (Å²) in [5.74, 6) is 3.05. The minimum Gasteiger partial charge on any atom is -0.493 e. The summed E-state index contributed by atoms with van der Waals surface area (Å²) in [5.41, 5.74) is 0.842. The number of rotatable bonds is 10. The standard InChI is InChI=1S/C17H25NO2S/c1-19-16-9-7-8-14-12-15(20-17(14)16)13-18-10-5-3-4-6-11-21-2/h7-9,12,18H,3-6,10-11,13H2,1-2H3. The van der Waals surface area contributed by atoms with E-state index in [2.05, 4.69) is 23.7 Å². The summed E-state index contributed by atoms with van der Waals surface area (Å²) in [6.07, 6.45) is 7.39. The van der Waals surface area contributed by atoms with Crippen molar-refractivity contribution in [2.24, 2.45) is 0 Å². The molecule has 0 aliphatic heterocycles. The topological polar surface area (TPSA) is 34.4 Å². The highest BCUT2D eigenvalue weighted by Gasteiger charge is 2.07. The molecule has 0 fully saturated rings. The van der Waals surface area contributed by atoms with Gasteiger partial charge >= 0.3 is 0 Å². The number of thioether (sulfide) groups is 1. The number of hydrogen-bond acceptors (Lipinski definition) is 4. The van der Waals surface area contributed by atoms with Crippen LogP contribution >= 0.6 is 11.8 Å². The fourth-order valence-electron chi connectivity index (χ4n) is 2.40. The SMILES string of the molecule is COc1cccc2cc(CNCCCCCCSC)oc12. The van der Waals surface area contributed by atoms with Crippen molar-refractivity contribution in [1.29, 1.82) is 0 Å². The number of unbranched alkanes of at least 4 members (excludes halogenated alkanes) is 3. The Morgan fingerprint density at radius 3 is 2.86 bits per heavy atom. The first-order chi connectivity index (χ1) is 10.3. The fraction of sp³-hybridized carbons (Fsp3) is 0.529. The molecule has 0 saturated carbocycles. The molecule has 0 aliphatic carbocycles. The molecule has 0 radical (unpaired) electrons. The Balaban J connectivity index is 1.71. The summed E-state index contributed by atoms with van der Waals surface area (Å²) in [6, 6.07) is 8.06. The molecule has 0 saturated heterocycles. The molecule has 3 nitrogen and oxygen atoms in total. The second-order valence-electron chi connectivity index (χ2n) is 5.18. The van der Waals surface area contributed by atoms with Crippen molar-refractivity contribution in [1.82, 2.24) is 5.32 Å². The van der Waals surface area contributed by atoms with Crippen LogP contribution in [0.15, 0.2) is 28.7 Å². The van der Waals surface area contributed by atoms with Crippen molar-refractivity contribution in [2.75, 3.05) is 25.7 Å². The maximum Gasteiger partial charge on any atom is 0.176 e. The zero-order valence-electron chi connectivity index (χ0n) is 13.0. The summed E-state index contributed by atoms with van der Waals surface area (Å²) in [7, 11) is 1.67. The summed E-state index contributed by atoms with van der Waals surface area (Å²) >= 11 is 1.93. The van der Waals surface area contributed by atoms with E-state index in [-0.39, 0.29) is 0 Å². The lowest BCUT2D eigenvalue weighted by atomic mass is 10.2. The number of furan rings is 1. The van der Waals surface area contributed by atoms with Crippen molar-refractivity contribution in [2.45, 2.75) is 32.2 Å². The first-order valence-corrected chi connectivity index (χ1v) is 8.99. The van der Waals surface area contributed by atoms with E-state index in [1.54, 1.807) is 7.11 Å². The zero-order chi connectivity index (χ0) is 14.9. The molecule has 116 valence electrons. The van der Waals surface area contributed by atoms with Gasteiger partial charge in [-0.25, -0.2) is 0 Å². The predicted octanol–water partition coefficient (Wildman–Crippen LogP) is 4.45. The maximum absolute atomic E-state index is 5.86. The largest absolute Gasteiger partial charge is 0.493 e. The van der Waals surface area contributed by atoms with E-state index in [1.807, 2.05) is 23.9 Å². The Hall–Kier alpha value is -1.13. The molecule has 0 unspecified atom stereocenters. The van der Waals surface area contributed by atoms with E-state index in [9.17, 15) is 0 Å². The van der Waals surface area contributed by atoms with Crippen LogP contribution in [0.25, 0.3) is 11.0 Å². The van der Waals surface area contributed by atoms with E-state index in [0.717, 1.165) is 35.6 Å². The second-order valence-corrected chi connectivity index (χ2v) is 6.16. The zero-order valence-corrected chi connectivity index (χ0v) is 13.8. The van der Waals surface area contributed by atoms with Gasteiger partial charge in [0.25, 0.3) is 0 Å².